The van der Waals surface area contributed by atoms with Crippen molar-refractivity contribution in [3.8, 4) is 0 Å². The van der Waals surface area contributed by atoms with Crippen molar-refractivity contribution in [2.45, 2.75) is 25.8 Å². The molecule has 2 N–H and O–H groups in total. The second-order valence-corrected chi connectivity index (χ2v) is 6.69. The van der Waals surface area contributed by atoms with Gasteiger partial charge < -0.3 is 10.6 Å². The van der Waals surface area contributed by atoms with E-state index in [0.29, 0.717) is 18.7 Å². The third-order valence-electron chi connectivity index (χ3n) is 4.31. The molecule has 1 fully saturated rings. The van der Waals surface area contributed by atoms with E-state index in [1.54, 1.807) is 23.1 Å². The van der Waals surface area contributed by atoms with E-state index in [4.69, 9.17) is 5.73 Å². The van der Waals surface area contributed by atoms with Crippen molar-refractivity contribution in [3.63, 3.8) is 0 Å². The van der Waals surface area contributed by atoms with Crippen LogP contribution in [0, 0.1) is 17.7 Å². The van der Waals surface area contributed by atoms with Crippen LogP contribution in [-0.4, -0.2) is 23.9 Å². The Hall–Kier alpha value is -1.20. The van der Waals surface area contributed by atoms with Crippen molar-refractivity contribution in [3.05, 3.63) is 46.7 Å². The van der Waals surface area contributed by atoms with Gasteiger partial charge in [0.05, 0.1) is 0 Å². The van der Waals surface area contributed by atoms with Gasteiger partial charge in [-0.1, -0.05) is 28.4 Å². The number of rotatable bonds is 6. The minimum atomic E-state index is -0.299. The Morgan fingerprint density at radius 2 is 2.27 bits per heavy atom. The minimum Gasteiger partial charge on any atom is -0.334 e. The lowest BCUT2D eigenvalue weighted by Gasteiger charge is -2.27. The van der Waals surface area contributed by atoms with E-state index >= 15 is 0 Å². The van der Waals surface area contributed by atoms with Gasteiger partial charge in [0.25, 0.3) is 0 Å². The first-order chi connectivity index (χ1) is 10.6. The van der Waals surface area contributed by atoms with E-state index in [1.165, 1.54) is 6.07 Å². The number of halogens is 2. The van der Waals surface area contributed by atoms with Gasteiger partial charge in [-0.05, 0) is 43.5 Å². The zero-order valence-corrected chi connectivity index (χ0v) is 14.2. The molecule has 0 saturated heterocycles. The highest BCUT2D eigenvalue weighted by Gasteiger charge is 2.34. The molecule has 22 heavy (non-hydrogen) atoms. The van der Waals surface area contributed by atoms with Crippen LogP contribution < -0.4 is 5.73 Å². The van der Waals surface area contributed by atoms with Crippen LogP contribution in [0.15, 0.2) is 35.3 Å². The predicted molar refractivity (Wildman–Crippen MR) is 89.6 cm³/mol. The van der Waals surface area contributed by atoms with E-state index in [-0.39, 0.29) is 30.1 Å². The highest BCUT2D eigenvalue weighted by Crippen LogP contribution is 2.33. The second-order valence-electron chi connectivity index (χ2n) is 5.78. The van der Waals surface area contributed by atoms with Crippen molar-refractivity contribution in [1.29, 1.82) is 0 Å². The van der Waals surface area contributed by atoms with E-state index in [1.807, 2.05) is 0 Å². The summed E-state index contributed by atoms with van der Waals surface area (Å²) in [6.07, 6.45) is 4.58. The maximum Gasteiger partial charge on any atom is 0.226 e. The van der Waals surface area contributed by atoms with Crippen molar-refractivity contribution < 1.29 is 9.18 Å². The van der Waals surface area contributed by atoms with Crippen LogP contribution in [-0.2, 0) is 11.3 Å². The minimum absolute atomic E-state index is 0.0415. The molecule has 0 aromatic heterocycles. The molecular formula is C17H22BrFN2O. The molecule has 0 aliphatic heterocycles. The molecule has 0 heterocycles. The molecule has 3 nitrogen and oxygen atoms in total. The van der Waals surface area contributed by atoms with Gasteiger partial charge >= 0.3 is 0 Å². The third-order valence-corrected chi connectivity index (χ3v) is 4.80. The predicted octanol–water partition coefficient (Wildman–Crippen LogP) is 3.48. The van der Waals surface area contributed by atoms with Crippen LogP contribution in [0.5, 0.6) is 0 Å². The smallest absolute Gasteiger partial charge is 0.226 e. The highest BCUT2D eigenvalue weighted by atomic mass is 79.9. The molecule has 1 aromatic carbocycles. The van der Waals surface area contributed by atoms with Gasteiger partial charge in [-0.2, -0.15) is 0 Å². The fourth-order valence-corrected chi connectivity index (χ4v) is 3.55. The molecule has 120 valence electrons. The Bertz CT molecular complexity index is 549. The Labute approximate surface area is 139 Å². The Morgan fingerprint density at radius 1 is 1.50 bits per heavy atom. The van der Waals surface area contributed by atoms with Gasteiger partial charge in [-0.25, -0.2) is 4.39 Å². The lowest BCUT2D eigenvalue weighted by Crippen LogP contribution is -2.39. The van der Waals surface area contributed by atoms with Crippen molar-refractivity contribution in [1.82, 2.24) is 4.90 Å². The van der Waals surface area contributed by atoms with E-state index in [2.05, 4.69) is 22.5 Å². The Kier molecular flexibility index (Phi) is 6.15. The number of nitrogens with two attached hydrogens (primary N) is 1. The summed E-state index contributed by atoms with van der Waals surface area (Å²) in [6.45, 7) is 4.91. The molecule has 0 bridgehead atoms. The fraction of sp³-hybridized carbons (Fsp3) is 0.471. The quantitative estimate of drug-likeness (QED) is 0.781. The molecule has 1 amide bonds. The molecule has 1 saturated carbocycles. The van der Waals surface area contributed by atoms with Gasteiger partial charge in [0.15, 0.2) is 0 Å². The number of carbonyl (C=O) groups excluding carboxylic acids is 1. The standard InChI is InChI=1S/C17H22BrFN2O/c1-2-8-21(11-13-9-14(18)6-7-16(13)19)17(22)15-5-3-4-12(15)10-20/h2,6-7,9,12,15H,1,3-5,8,10-11,20H2/t12-,15-/m1/s1. The molecule has 0 unspecified atom stereocenters. The largest absolute Gasteiger partial charge is 0.334 e. The molecule has 1 aliphatic carbocycles. The number of hydrogen-bond acceptors (Lipinski definition) is 2. The van der Waals surface area contributed by atoms with Gasteiger partial charge in [-0.3, -0.25) is 4.79 Å². The average molecular weight is 369 g/mol. The maximum absolute atomic E-state index is 13.9. The topological polar surface area (TPSA) is 46.3 Å². The summed E-state index contributed by atoms with van der Waals surface area (Å²) in [5, 5.41) is 0. The highest BCUT2D eigenvalue weighted by molar-refractivity contribution is 9.10. The summed E-state index contributed by atoms with van der Waals surface area (Å²) >= 11 is 3.34. The first-order valence-corrected chi connectivity index (χ1v) is 8.39. The van der Waals surface area contributed by atoms with E-state index in [9.17, 15) is 9.18 Å². The lowest BCUT2D eigenvalue weighted by atomic mass is 9.94. The van der Waals surface area contributed by atoms with Crippen molar-refractivity contribution >= 4 is 21.8 Å². The normalized spacial score (nSPS) is 20.9. The average Bonchev–Trinajstić information content (AvgIpc) is 2.98. The Balaban J connectivity index is 2.17. The molecule has 2 atom stereocenters. The van der Waals surface area contributed by atoms with Crippen molar-refractivity contribution in [2.24, 2.45) is 17.6 Å². The summed E-state index contributed by atoms with van der Waals surface area (Å²) in [7, 11) is 0. The van der Waals surface area contributed by atoms with Crippen LogP contribution in [0.1, 0.15) is 24.8 Å². The van der Waals surface area contributed by atoms with Gasteiger partial charge in [0, 0.05) is 29.0 Å². The van der Waals surface area contributed by atoms with Gasteiger partial charge in [-0.15, -0.1) is 6.58 Å². The summed E-state index contributed by atoms with van der Waals surface area (Å²) in [6, 6.07) is 4.78. The molecule has 2 rings (SSSR count). The number of hydrogen-bond donors (Lipinski definition) is 1. The number of amides is 1. The summed E-state index contributed by atoms with van der Waals surface area (Å²) in [5.74, 6) is -0.0357. The molecule has 1 aliphatic rings. The molecule has 1 aromatic rings. The monoisotopic (exact) mass is 368 g/mol. The molecule has 0 spiro atoms. The Morgan fingerprint density at radius 3 is 2.95 bits per heavy atom. The van der Waals surface area contributed by atoms with Crippen LogP contribution in [0.25, 0.3) is 0 Å². The van der Waals surface area contributed by atoms with Gasteiger partial charge in [0.1, 0.15) is 5.82 Å². The van der Waals surface area contributed by atoms with Crippen LogP contribution >= 0.6 is 15.9 Å². The SMILES string of the molecule is C=CCN(Cc1cc(Br)ccc1F)C(=O)[C@@H]1CCC[C@@H]1CN. The van der Waals surface area contributed by atoms with Gasteiger partial charge in [0.2, 0.25) is 5.91 Å². The van der Waals surface area contributed by atoms with Crippen LogP contribution in [0.3, 0.4) is 0 Å². The zero-order chi connectivity index (χ0) is 16.1. The second kappa shape index (κ2) is 7.88. The number of benzene rings is 1. The molecular weight excluding hydrogens is 347 g/mol. The van der Waals surface area contributed by atoms with Crippen molar-refractivity contribution in [2.75, 3.05) is 13.1 Å². The number of nitrogens with zero attached hydrogens (tertiary/aromatic N) is 1. The lowest BCUT2D eigenvalue weighted by molar-refractivity contribution is -0.136. The zero-order valence-electron chi connectivity index (χ0n) is 12.6. The maximum atomic E-state index is 13.9. The summed E-state index contributed by atoms with van der Waals surface area (Å²) in [5.41, 5.74) is 6.28. The van der Waals surface area contributed by atoms with E-state index in [0.717, 1.165) is 23.7 Å². The summed E-state index contributed by atoms with van der Waals surface area (Å²) < 4.78 is 14.8. The first-order valence-electron chi connectivity index (χ1n) is 7.60. The summed E-state index contributed by atoms with van der Waals surface area (Å²) in [4.78, 5) is 14.5. The molecule has 5 heteroatoms. The van der Waals surface area contributed by atoms with E-state index < -0.39 is 0 Å². The van der Waals surface area contributed by atoms with Crippen LogP contribution in [0.2, 0.25) is 0 Å². The fourth-order valence-electron chi connectivity index (χ4n) is 3.14. The molecule has 0 radical (unpaired) electrons. The first kappa shape index (κ1) is 17.2. The number of carbonyl (C=O) groups is 1. The van der Waals surface area contributed by atoms with Crippen LogP contribution in [0.4, 0.5) is 4.39 Å². The third kappa shape index (κ3) is 3.96.